The van der Waals surface area contributed by atoms with Gasteiger partial charge in [0.25, 0.3) is 0 Å². The molecule has 1 saturated heterocycles. The van der Waals surface area contributed by atoms with Crippen molar-refractivity contribution < 1.29 is 0 Å². The van der Waals surface area contributed by atoms with Gasteiger partial charge in [-0.05, 0) is 43.9 Å². The van der Waals surface area contributed by atoms with Gasteiger partial charge in [0.2, 0.25) is 0 Å². The Labute approximate surface area is 133 Å². The molecular formula is C19H38N2. The minimum atomic E-state index is 0.422. The van der Waals surface area contributed by atoms with Crippen LogP contribution in [0.2, 0.25) is 0 Å². The number of nitrogens with one attached hydrogen (secondary N) is 1. The minimum Gasteiger partial charge on any atom is -0.311 e. The Hall–Kier alpha value is -0.0800. The lowest BCUT2D eigenvalue weighted by atomic mass is 9.85. The van der Waals surface area contributed by atoms with Crippen LogP contribution in [0.5, 0.6) is 0 Å². The van der Waals surface area contributed by atoms with Crippen molar-refractivity contribution in [3.63, 3.8) is 0 Å². The van der Waals surface area contributed by atoms with Crippen molar-refractivity contribution in [1.29, 1.82) is 0 Å². The van der Waals surface area contributed by atoms with Crippen molar-refractivity contribution in [2.45, 2.75) is 84.7 Å². The van der Waals surface area contributed by atoms with Crippen LogP contribution >= 0.6 is 0 Å². The van der Waals surface area contributed by atoms with Gasteiger partial charge in [0.15, 0.2) is 0 Å². The van der Waals surface area contributed by atoms with E-state index in [-0.39, 0.29) is 0 Å². The Morgan fingerprint density at radius 1 is 1.24 bits per heavy atom. The molecule has 21 heavy (non-hydrogen) atoms. The molecule has 1 heterocycles. The summed E-state index contributed by atoms with van der Waals surface area (Å²) in [5.41, 5.74) is 0.422. The van der Waals surface area contributed by atoms with Crippen LogP contribution in [-0.4, -0.2) is 36.1 Å². The van der Waals surface area contributed by atoms with E-state index in [1.807, 2.05) is 0 Å². The quantitative estimate of drug-likeness (QED) is 0.718. The number of hydrogen-bond donors (Lipinski definition) is 1. The lowest BCUT2D eigenvalue weighted by Gasteiger charge is -2.50. The van der Waals surface area contributed by atoms with Gasteiger partial charge in [-0.3, -0.25) is 4.90 Å². The molecular weight excluding hydrogens is 256 g/mol. The summed E-state index contributed by atoms with van der Waals surface area (Å²) < 4.78 is 0. The Kier molecular flexibility index (Phi) is 6.14. The van der Waals surface area contributed by atoms with Crippen molar-refractivity contribution in [3.05, 3.63) is 0 Å². The highest BCUT2D eigenvalue weighted by Crippen LogP contribution is 2.44. The first-order valence-corrected chi connectivity index (χ1v) is 9.49. The summed E-state index contributed by atoms with van der Waals surface area (Å²) >= 11 is 0. The molecule has 3 atom stereocenters. The van der Waals surface area contributed by atoms with Gasteiger partial charge >= 0.3 is 0 Å². The third-order valence-corrected chi connectivity index (χ3v) is 6.15. The van der Waals surface area contributed by atoms with Crippen LogP contribution in [-0.2, 0) is 0 Å². The third-order valence-electron chi connectivity index (χ3n) is 6.15. The maximum absolute atomic E-state index is 3.85. The first kappa shape index (κ1) is 17.3. The fraction of sp³-hybridized carbons (Fsp3) is 1.00. The first-order chi connectivity index (χ1) is 10.0. The summed E-state index contributed by atoms with van der Waals surface area (Å²) in [6.45, 7) is 15.7. The predicted molar refractivity (Wildman–Crippen MR) is 92.6 cm³/mol. The molecule has 0 spiro atoms. The van der Waals surface area contributed by atoms with Crippen molar-refractivity contribution in [1.82, 2.24) is 10.2 Å². The van der Waals surface area contributed by atoms with E-state index in [2.05, 4.69) is 44.8 Å². The van der Waals surface area contributed by atoms with Crippen molar-refractivity contribution in [2.24, 2.45) is 17.8 Å². The van der Waals surface area contributed by atoms with Gasteiger partial charge in [-0.2, -0.15) is 0 Å². The van der Waals surface area contributed by atoms with E-state index in [4.69, 9.17) is 0 Å². The van der Waals surface area contributed by atoms with E-state index < -0.39 is 0 Å². The molecule has 2 rings (SSSR count). The molecule has 2 heteroatoms. The second-order valence-electron chi connectivity index (χ2n) is 8.18. The molecule has 124 valence electrons. The molecule has 2 fully saturated rings. The first-order valence-electron chi connectivity index (χ1n) is 9.49. The number of rotatable bonds is 8. The van der Waals surface area contributed by atoms with E-state index in [0.717, 1.165) is 17.8 Å². The fourth-order valence-corrected chi connectivity index (χ4v) is 4.03. The zero-order chi connectivity index (χ0) is 15.5. The van der Waals surface area contributed by atoms with Gasteiger partial charge in [-0.1, -0.05) is 47.0 Å². The largest absolute Gasteiger partial charge is 0.311 e. The molecule has 2 aliphatic rings. The van der Waals surface area contributed by atoms with Crippen LogP contribution in [0, 0.1) is 17.8 Å². The maximum atomic E-state index is 3.85. The molecule has 2 nitrogen and oxygen atoms in total. The van der Waals surface area contributed by atoms with Crippen LogP contribution in [0.15, 0.2) is 0 Å². The molecule has 3 unspecified atom stereocenters. The zero-order valence-corrected chi connectivity index (χ0v) is 15.1. The SMILES string of the molecule is CCCCC(CC)CN1CC(C(C)C)NCC1(C)C1CC1. The molecule has 0 bridgehead atoms. The van der Waals surface area contributed by atoms with E-state index in [0.29, 0.717) is 11.6 Å². The van der Waals surface area contributed by atoms with Crippen LogP contribution in [0.25, 0.3) is 0 Å². The lowest BCUT2D eigenvalue weighted by Crippen LogP contribution is -2.66. The van der Waals surface area contributed by atoms with Gasteiger partial charge < -0.3 is 5.32 Å². The number of nitrogens with zero attached hydrogens (tertiary/aromatic N) is 1. The van der Waals surface area contributed by atoms with Gasteiger partial charge in [0.05, 0.1) is 0 Å². The van der Waals surface area contributed by atoms with Gasteiger partial charge in [0, 0.05) is 31.2 Å². The molecule has 1 aliphatic heterocycles. The second-order valence-corrected chi connectivity index (χ2v) is 8.18. The van der Waals surface area contributed by atoms with Crippen LogP contribution in [0.4, 0.5) is 0 Å². The number of unbranched alkanes of at least 4 members (excludes halogenated alkanes) is 1. The number of piperazine rings is 1. The summed E-state index contributed by atoms with van der Waals surface area (Å²) in [5, 5.41) is 3.85. The zero-order valence-electron chi connectivity index (χ0n) is 15.1. The molecule has 0 amide bonds. The molecule has 0 aromatic rings. The van der Waals surface area contributed by atoms with Gasteiger partial charge in [0.1, 0.15) is 0 Å². The highest BCUT2D eigenvalue weighted by atomic mass is 15.3. The monoisotopic (exact) mass is 294 g/mol. The molecule has 1 aliphatic carbocycles. The normalized spacial score (nSPS) is 32.6. The van der Waals surface area contributed by atoms with E-state index in [1.165, 1.54) is 58.2 Å². The van der Waals surface area contributed by atoms with E-state index in [1.54, 1.807) is 0 Å². The summed E-state index contributed by atoms with van der Waals surface area (Å²) in [6, 6.07) is 0.681. The molecule has 0 aromatic heterocycles. The molecule has 1 saturated carbocycles. The Morgan fingerprint density at radius 2 is 1.95 bits per heavy atom. The predicted octanol–water partition coefficient (Wildman–Crippen LogP) is 4.30. The molecule has 0 aromatic carbocycles. The standard InChI is InChI=1S/C19H38N2/c1-6-8-9-16(7-2)12-21-13-18(15(3)4)20-14-19(21,5)17-10-11-17/h15-18,20H,6-14H2,1-5H3. The fourth-order valence-electron chi connectivity index (χ4n) is 4.03. The Balaban J connectivity index is 2.02. The highest BCUT2D eigenvalue weighted by Gasteiger charge is 2.48. The average molecular weight is 295 g/mol. The Bertz CT molecular complexity index is 311. The van der Waals surface area contributed by atoms with Crippen LogP contribution in [0.1, 0.15) is 73.1 Å². The highest BCUT2D eigenvalue weighted by molar-refractivity contribution is 5.05. The van der Waals surface area contributed by atoms with Crippen molar-refractivity contribution >= 4 is 0 Å². The van der Waals surface area contributed by atoms with Crippen molar-refractivity contribution in [2.75, 3.05) is 19.6 Å². The van der Waals surface area contributed by atoms with E-state index in [9.17, 15) is 0 Å². The topological polar surface area (TPSA) is 15.3 Å². The van der Waals surface area contributed by atoms with Crippen LogP contribution < -0.4 is 5.32 Å². The number of hydrogen-bond acceptors (Lipinski definition) is 2. The average Bonchev–Trinajstić information content (AvgIpc) is 3.30. The molecule has 1 N–H and O–H groups in total. The smallest absolute Gasteiger partial charge is 0.0334 e. The Morgan fingerprint density at radius 3 is 2.48 bits per heavy atom. The molecule has 0 radical (unpaired) electrons. The van der Waals surface area contributed by atoms with Gasteiger partial charge in [-0.15, -0.1) is 0 Å². The van der Waals surface area contributed by atoms with Gasteiger partial charge in [-0.25, -0.2) is 0 Å². The van der Waals surface area contributed by atoms with E-state index >= 15 is 0 Å². The summed E-state index contributed by atoms with van der Waals surface area (Å²) in [5.74, 6) is 2.59. The summed E-state index contributed by atoms with van der Waals surface area (Å²) in [4.78, 5) is 2.88. The van der Waals surface area contributed by atoms with Crippen molar-refractivity contribution in [3.8, 4) is 0 Å². The maximum Gasteiger partial charge on any atom is 0.0334 e. The lowest BCUT2D eigenvalue weighted by molar-refractivity contribution is 0.0115. The summed E-state index contributed by atoms with van der Waals surface area (Å²) in [6.07, 6.45) is 8.41. The minimum absolute atomic E-state index is 0.422. The third kappa shape index (κ3) is 4.22. The summed E-state index contributed by atoms with van der Waals surface area (Å²) in [7, 11) is 0. The second kappa shape index (κ2) is 7.46. The van der Waals surface area contributed by atoms with Crippen LogP contribution in [0.3, 0.4) is 0 Å².